The van der Waals surface area contributed by atoms with Gasteiger partial charge < -0.3 is 20.1 Å². The van der Waals surface area contributed by atoms with Crippen molar-refractivity contribution in [1.29, 1.82) is 0 Å². The summed E-state index contributed by atoms with van der Waals surface area (Å²) in [5.74, 6) is -0.335. The van der Waals surface area contributed by atoms with Crippen LogP contribution in [0.2, 0.25) is 0 Å². The lowest BCUT2D eigenvalue weighted by Crippen LogP contribution is -2.54. The largest absolute Gasteiger partial charge is 0.444 e. The first-order valence-corrected chi connectivity index (χ1v) is 10.2. The van der Waals surface area contributed by atoms with Gasteiger partial charge in [-0.1, -0.05) is 60.7 Å². The first-order chi connectivity index (χ1) is 14.2. The number of amides is 2. The van der Waals surface area contributed by atoms with Crippen LogP contribution >= 0.6 is 0 Å². The van der Waals surface area contributed by atoms with E-state index in [1.807, 2.05) is 67.6 Å². The van der Waals surface area contributed by atoms with E-state index >= 15 is 0 Å². The van der Waals surface area contributed by atoms with Crippen LogP contribution in [0, 0.1) is 0 Å². The van der Waals surface area contributed by atoms with Crippen molar-refractivity contribution in [2.75, 3.05) is 0 Å². The zero-order valence-electron chi connectivity index (χ0n) is 18.3. The summed E-state index contributed by atoms with van der Waals surface area (Å²) >= 11 is 0. The normalized spacial score (nSPS) is 14.3. The van der Waals surface area contributed by atoms with Gasteiger partial charge in [-0.3, -0.25) is 4.79 Å². The fraction of sp³-hybridized carbons (Fsp3) is 0.417. The Morgan fingerprint density at radius 1 is 0.900 bits per heavy atom. The molecule has 3 unspecified atom stereocenters. The summed E-state index contributed by atoms with van der Waals surface area (Å²) < 4.78 is 11.2. The summed E-state index contributed by atoms with van der Waals surface area (Å²) in [4.78, 5) is 25.4. The maximum Gasteiger partial charge on any atom is 0.408 e. The van der Waals surface area contributed by atoms with Crippen LogP contribution < -0.4 is 10.6 Å². The molecule has 0 saturated carbocycles. The summed E-state index contributed by atoms with van der Waals surface area (Å²) in [6, 6.07) is 18.2. The minimum Gasteiger partial charge on any atom is -0.444 e. The number of alkyl carbamates (subject to hydrolysis) is 1. The predicted molar refractivity (Wildman–Crippen MR) is 117 cm³/mol. The van der Waals surface area contributed by atoms with Crippen LogP contribution in [0.5, 0.6) is 0 Å². The van der Waals surface area contributed by atoms with E-state index in [4.69, 9.17) is 9.47 Å². The van der Waals surface area contributed by atoms with Gasteiger partial charge in [-0.15, -0.1) is 0 Å². The van der Waals surface area contributed by atoms with Crippen molar-refractivity contribution in [1.82, 2.24) is 10.6 Å². The number of hydrogen-bond acceptors (Lipinski definition) is 4. The Morgan fingerprint density at radius 3 is 2.03 bits per heavy atom. The van der Waals surface area contributed by atoms with E-state index < -0.39 is 23.8 Å². The SMILES string of the molecule is CC(NC(=O)C(NC(=O)OC(C)(C)C)C(C)OCc1ccccc1)c1ccccc1. The van der Waals surface area contributed by atoms with Gasteiger partial charge in [-0.2, -0.15) is 0 Å². The second-order valence-corrected chi connectivity index (χ2v) is 8.27. The molecule has 0 aliphatic carbocycles. The Bertz CT molecular complexity index is 803. The standard InChI is InChI=1S/C24H32N2O4/c1-17(20-14-10-7-11-15-20)25-22(27)21(26-23(28)30-24(3,4)5)18(2)29-16-19-12-8-6-9-13-19/h6-15,17-18,21H,16H2,1-5H3,(H,25,27)(H,26,28). The van der Waals surface area contributed by atoms with E-state index in [0.717, 1.165) is 11.1 Å². The fourth-order valence-electron chi connectivity index (χ4n) is 2.86. The molecule has 0 spiro atoms. The molecule has 162 valence electrons. The molecule has 0 aliphatic rings. The van der Waals surface area contributed by atoms with E-state index in [-0.39, 0.29) is 11.9 Å². The van der Waals surface area contributed by atoms with Crippen LogP contribution in [-0.2, 0) is 20.9 Å². The van der Waals surface area contributed by atoms with E-state index in [9.17, 15) is 9.59 Å². The lowest BCUT2D eigenvalue weighted by Gasteiger charge is -2.28. The average molecular weight is 413 g/mol. The van der Waals surface area contributed by atoms with Crippen LogP contribution in [0.25, 0.3) is 0 Å². The Balaban J connectivity index is 2.08. The molecule has 0 fully saturated rings. The van der Waals surface area contributed by atoms with Crippen molar-refractivity contribution in [3.8, 4) is 0 Å². The maximum absolute atomic E-state index is 13.0. The van der Waals surface area contributed by atoms with Gasteiger partial charge in [-0.25, -0.2) is 4.79 Å². The van der Waals surface area contributed by atoms with Gasteiger partial charge in [0.15, 0.2) is 0 Å². The minimum atomic E-state index is -0.908. The van der Waals surface area contributed by atoms with Gasteiger partial charge in [0.25, 0.3) is 0 Å². The summed E-state index contributed by atoms with van der Waals surface area (Å²) in [6.07, 6.45) is -1.23. The second-order valence-electron chi connectivity index (χ2n) is 8.27. The molecule has 2 aromatic carbocycles. The number of carbonyl (C=O) groups is 2. The third-order valence-corrected chi connectivity index (χ3v) is 4.44. The van der Waals surface area contributed by atoms with Gasteiger partial charge >= 0.3 is 6.09 Å². The van der Waals surface area contributed by atoms with Crippen molar-refractivity contribution in [2.45, 2.75) is 65.0 Å². The quantitative estimate of drug-likeness (QED) is 0.675. The number of rotatable bonds is 8. The van der Waals surface area contributed by atoms with Crippen molar-refractivity contribution in [2.24, 2.45) is 0 Å². The molecule has 2 N–H and O–H groups in total. The molecule has 0 aromatic heterocycles. The third kappa shape index (κ3) is 7.87. The average Bonchev–Trinajstić information content (AvgIpc) is 2.70. The highest BCUT2D eigenvalue weighted by molar-refractivity contribution is 5.86. The van der Waals surface area contributed by atoms with Crippen molar-refractivity contribution in [3.63, 3.8) is 0 Å². The molecule has 3 atom stereocenters. The monoisotopic (exact) mass is 412 g/mol. The first kappa shape index (κ1) is 23.4. The summed E-state index contributed by atoms with van der Waals surface area (Å²) in [5, 5.41) is 5.62. The minimum absolute atomic E-state index is 0.219. The highest BCUT2D eigenvalue weighted by Gasteiger charge is 2.30. The van der Waals surface area contributed by atoms with E-state index in [2.05, 4.69) is 10.6 Å². The van der Waals surface area contributed by atoms with E-state index in [1.165, 1.54) is 0 Å². The van der Waals surface area contributed by atoms with E-state index in [0.29, 0.717) is 6.61 Å². The van der Waals surface area contributed by atoms with Gasteiger partial charge in [-0.05, 0) is 45.7 Å². The molecule has 0 saturated heterocycles. The number of nitrogens with one attached hydrogen (secondary N) is 2. The third-order valence-electron chi connectivity index (χ3n) is 4.44. The summed E-state index contributed by atoms with van der Waals surface area (Å²) in [7, 11) is 0. The number of benzene rings is 2. The number of carbonyl (C=O) groups excluding carboxylic acids is 2. The summed E-state index contributed by atoms with van der Waals surface area (Å²) in [5.41, 5.74) is 1.29. The Labute approximate surface area is 179 Å². The van der Waals surface area contributed by atoms with Gasteiger partial charge in [0.05, 0.1) is 18.8 Å². The van der Waals surface area contributed by atoms with Crippen molar-refractivity contribution < 1.29 is 19.1 Å². The molecule has 0 radical (unpaired) electrons. The smallest absolute Gasteiger partial charge is 0.408 e. The van der Waals surface area contributed by atoms with Crippen molar-refractivity contribution in [3.05, 3.63) is 71.8 Å². The summed E-state index contributed by atoms with van der Waals surface area (Å²) in [6.45, 7) is 9.30. The fourth-order valence-corrected chi connectivity index (χ4v) is 2.86. The molecule has 0 heterocycles. The van der Waals surface area contributed by atoms with Crippen molar-refractivity contribution >= 4 is 12.0 Å². The molecular weight excluding hydrogens is 380 g/mol. The molecule has 30 heavy (non-hydrogen) atoms. The molecule has 2 amide bonds. The Hall–Kier alpha value is -2.86. The predicted octanol–water partition coefficient (Wildman–Crippen LogP) is 4.36. The highest BCUT2D eigenvalue weighted by Crippen LogP contribution is 2.14. The van der Waals surface area contributed by atoms with Gasteiger partial charge in [0.1, 0.15) is 11.6 Å². The Morgan fingerprint density at radius 2 is 1.47 bits per heavy atom. The molecule has 6 nitrogen and oxygen atoms in total. The molecule has 0 aliphatic heterocycles. The molecule has 2 rings (SSSR count). The zero-order valence-corrected chi connectivity index (χ0v) is 18.3. The van der Waals surface area contributed by atoms with Crippen LogP contribution in [0.3, 0.4) is 0 Å². The Kier molecular flexibility index (Phi) is 8.42. The molecule has 0 bridgehead atoms. The lowest BCUT2D eigenvalue weighted by atomic mass is 10.1. The number of hydrogen-bond donors (Lipinski definition) is 2. The highest BCUT2D eigenvalue weighted by atomic mass is 16.6. The first-order valence-electron chi connectivity index (χ1n) is 10.2. The maximum atomic E-state index is 13.0. The van der Waals surface area contributed by atoms with Crippen LogP contribution in [0.4, 0.5) is 4.79 Å². The van der Waals surface area contributed by atoms with E-state index in [1.54, 1.807) is 27.7 Å². The molecule has 2 aromatic rings. The van der Waals surface area contributed by atoms with Gasteiger partial charge in [0.2, 0.25) is 5.91 Å². The molecular formula is C24H32N2O4. The van der Waals surface area contributed by atoms with Crippen LogP contribution in [0.15, 0.2) is 60.7 Å². The zero-order chi connectivity index (χ0) is 22.1. The second kappa shape index (κ2) is 10.8. The molecule has 6 heteroatoms. The topological polar surface area (TPSA) is 76.7 Å². The van der Waals surface area contributed by atoms with Gasteiger partial charge in [0, 0.05) is 0 Å². The van der Waals surface area contributed by atoms with Crippen LogP contribution in [-0.4, -0.2) is 29.7 Å². The van der Waals surface area contributed by atoms with Crippen LogP contribution in [0.1, 0.15) is 51.8 Å². The number of ether oxygens (including phenoxy) is 2. The lowest BCUT2D eigenvalue weighted by molar-refractivity contribution is -0.127.